The molecule has 1 N–H and O–H groups in total. The maximum absolute atomic E-state index is 11.2. The normalized spacial score (nSPS) is 9.00. The molecule has 0 aliphatic rings. The molecule has 4 nitrogen and oxygen atoms in total. The summed E-state index contributed by atoms with van der Waals surface area (Å²) in [5, 5.41) is 6.60. The van der Waals surface area contributed by atoms with Crippen molar-refractivity contribution in [1.29, 1.82) is 0 Å². The predicted octanol–water partition coefficient (Wildman–Crippen LogP) is 0.615. The van der Waals surface area contributed by atoms with Gasteiger partial charge in [0.25, 0.3) is 5.91 Å². The van der Waals surface area contributed by atoms with Crippen molar-refractivity contribution in [3.63, 3.8) is 0 Å². The van der Waals surface area contributed by atoms with E-state index in [0.717, 1.165) is 11.0 Å². The Morgan fingerprint density at radius 3 is 2.29 bits per heavy atom. The summed E-state index contributed by atoms with van der Waals surface area (Å²) in [6, 6.07) is 0. The second kappa shape index (κ2) is 5.76. The van der Waals surface area contributed by atoms with Gasteiger partial charge in [-0.25, -0.2) is 0 Å². The third-order valence-electron chi connectivity index (χ3n) is 1.78. The van der Waals surface area contributed by atoms with Gasteiger partial charge in [-0.3, -0.25) is 9.48 Å². The number of carbonyl (C=O) groups excluding carboxylic acids is 1. The first-order chi connectivity index (χ1) is 6.57. The number of carbonyl (C=O) groups is 1. The molecule has 14 heavy (non-hydrogen) atoms. The fourth-order valence-electron chi connectivity index (χ4n) is 0.977. The average Bonchev–Trinajstić information content (AvgIpc) is 2.48. The van der Waals surface area contributed by atoms with Gasteiger partial charge < -0.3 is 5.32 Å². The molecule has 1 heterocycles. The van der Waals surface area contributed by atoms with E-state index in [2.05, 4.69) is 19.7 Å². The molecule has 80 valence electrons. The number of amides is 1. The van der Waals surface area contributed by atoms with Crippen molar-refractivity contribution in [3.8, 4) is 0 Å². The minimum absolute atomic E-state index is 0.142. The Morgan fingerprint density at radius 2 is 2.00 bits per heavy atom. The van der Waals surface area contributed by atoms with Gasteiger partial charge in [0.1, 0.15) is 0 Å². The van der Waals surface area contributed by atoms with Gasteiger partial charge in [-0.05, 0) is 6.92 Å². The number of hydrogen-bond acceptors (Lipinski definition) is 2. The highest BCUT2D eigenvalue weighted by Gasteiger charge is 2.14. The largest absolute Gasteiger partial charge is 0.354 e. The van der Waals surface area contributed by atoms with Crippen LogP contribution in [0, 0.1) is 6.92 Å². The minimum Gasteiger partial charge on any atom is -0.354 e. The van der Waals surface area contributed by atoms with E-state index < -0.39 is 0 Å². The zero-order chi connectivity index (χ0) is 11.3. The van der Waals surface area contributed by atoms with E-state index in [1.807, 2.05) is 27.8 Å². The van der Waals surface area contributed by atoms with Crippen LogP contribution in [0.5, 0.6) is 0 Å². The molecule has 1 unspecified atom stereocenters. The Balaban J connectivity index is 0.000000791. The monoisotopic (exact) mass is 215 g/mol. The molecule has 1 aromatic heterocycles. The maximum atomic E-state index is 11.2. The van der Waals surface area contributed by atoms with E-state index in [-0.39, 0.29) is 5.91 Å². The quantitative estimate of drug-likeness (QED) is 0.698. The van der Waals surface area contributed by atoms with Gasteiger partial charge in [0.15, 0.2) is 5.69 Å². The van der Waals surface area contributed by atoms with E-state index in [4.69, 9.17) is 0 Å². The molecule has 0 aromatic carbocycles. The fraction of sp³-hybridized carbons (Fsp3) is 0.556. The number of nitrogens with zero attached hydrogens (tertiary/aromatic N) is 2. The lowest BCUT2D eigenvalue weighted by Crippen LogP contribution is -2.19. The summed E-state index contributed by atoms with van der Waals surface area (Å²) in [6.45, 7) is 5.87. The van der Waals surface area contributed by atoms with Gasteiger partial charge in [-0.1, -0.05) is 23.1 Å². The zero-order valence-corrected chi connectivity index (χ0v) is 10.5. The van der Waals surface area contributed by atoms with E-state index in [9.17, 15) is 4.79 Å². The molecule has 0 fully saturated rings. The lowest BCUT2D eigenvalue weighted by atomic mass is 10.3. The molecular formula is C9H18N3OP. The summed E-state index contributed by atoms with van der Waals surface area (Å²) >= 11 is 0. The van der Waals surface area contributed by atoms with E-state index in [1.54, 1.807) is 11.7 Å². The van der Waals surface area contributed by atoms with E-state index in [1.165, 1.54) is 0 Å². The summed E-state index contributed by atoms with van der Waals surface area (Å²) in [5.41, 5.74) is 2.33. The topological polar surface area (TPSA) is 46.9 Å². The molecule has 1 atom stereocenters. The molecular weight excluding hydrogens is 197 g/mol. The van der Waals surface area contributed by atoms with Crippen LogP contribution >= 0.6 is 9.24 Å². The highest BCUT2D eigenvalue weighted by molar-refractivity contribution is 7.27. The molecule has 0 saturated heterocycles. The third-order valence-corrected chi connectivity index (χ3v) is 2.59. The van der Waals surface area contributed by atoms with Crippen LogP contribution in [0.2, 0.25) is 0 Å². The Labute approximate surface area is 87.3 Å². The maximum Gasteiger partial charge on any atom is 0.271 e. The molecule has 0 radical (unpaired) electrons. The van der Waals surface area contributed by atoms with Crippen molar-refractivity contribution < 1.29 is 4.79 Å². The molecule has 0 aliphatic heterocycles. The van der Waals surface area contributed by atoms with Crippen LogP contribution in [0.15, 0.2) is 0 Å². The summed E-state index contributed by atoms with van der Waals surface area (Å²) in [4.78, 5) is 11.2. The van der Waals surface area contributed by atoms with Crippen molar-refractivity contribution in [1.82, 2.24) is 15.1 Å². The molecule has 0 bridgehead atoms. The lowest BCUT2D eigenvalue weighted by molar-refractivity contribution is 0.0957. The second-order valence-electron chi connectivity index (χ2n) is 2.56. The van der Waals surface area contributed by atoms with Gasteiger partial charge in [-0.2, -0.15) is 5.10 Å². The highest BCUT2D eigenvalue weighted by atomic mass is 31.0. The van der Waals surface area contributed by atoms with Crippen molar-refractivity contribution in [3.05, 3.63) is 11.3 Å². The number of hydrogen-bond donors (Lipinski definition) is 1. The van der Waals surface area contributed by atoms with Crippen LogP contribution in [0.3, 0.4) is 0 Å². The van der Waals surface area contributed by atoms with Crippen LogP contribution in [-0.2, 0) is 7.05 Å². The Hall–Kier alpha value is -0.890. The first-order valence-electron chi connectivity index (χ1n) is 4.59. The van der Waals surface area contributed by atoms with Crippen molar-refractivity contribution in [2.24, 2.45) is 7.05 Å². The summed E-state index contributed by atoms with van der Waals surface area (Å²) in [7, 11) is 5.96. The van der Waals surface area contributed by atoms with Gasteiger partial charge in [0.2, 0.25) is 0 Å². The van der Waals surface area contributed by atoms with Crippen LogP contribution in [0.25, 0.3) is 0 Å². The van der Waals surface area contributed by atoms with Crippen LogP contribution in [-0.4, -0.2) is 22.7 Å². The Bertz CT molecular complexity index is 320. The number of nitrogens with one attached hydrogen (secondary N) is 1. The summed E-state index contributed by atoms with van der Waals surface area (Å²) in [6.07, 6.45) is 0. The van der Waals surface area contributed by atoms with E-state index >= 15 is 0 Å². The Morgan fingerprint density at radius 1 is 1.50 bits per heavy atom. The van der Waals surface area contributed by atoms with Crippen LogP contribution in [0.1, 0.15) is 29.9 Å². The van der Waals surface area contributed by atoms with Gasteiger partial charge in [-0.15, -0.1) is 0 Å². The van der Waals surface area contributed by atoms with Crippen LogP contribution in [0.4, 0.5) is 0 Å². The van der Waals surface area contributed by atoms with E-state index in [0.29, 0.717) is 5.69 Å². The number of aryl methyl sites for hydroxylation is 1. The summed E-state index contributed by atoms with van der Waals surface area (Å²) < 4.78 is 1.67. The zero-order valence-electron chi connectivity index (χ0n) is 9.38. The molecule has 0 saturated carbocycles. The highest BCUT2D eigenvalue weighted by Crippen LogP contribution is 2.04. The minimum atomic E-state index is -0.142. The smallest absolute Gasteiger partial charge is 0.271 e. The number of rotatable bonds is 1. The summed E-state index contributed by atoms with van der Waals surface area (Å²) in [5.74, 6) is -0.142. The fourth-order valence-corrected chi connectivity index (χ4v) is 1.17. The van der Waals surface area contributed by atoms with Crippen molar-refractivity contribution in [2.75, 3.05) is 7.05 Å². The molecule has 1 aromatic rings. The van der Waals surface area contributed by atoms with Gasteiger partial charge in [0, 0.05) is 19.7 Å². The van der Waals surface area contributed by atoms with Crippen molar-refractivity contribution >= 4 is 20.6 Å². The SMILES string of the molecule is CC.CNC(=O)c1nn(C)c(P)c1C. The molecule has 0 spiro atoms. The predicted molar refractivity (Wildman–Crippen MR) is 62.0 cm³/mol. The first kappa shape index (κ1) is 13.1. The average molecular weight is 215 g/mol. The Kier molecular flexibility index (Phi) is 5.39. The number of aromatic nitrogens is 2. The lowest BCUT2D eigenvalue weighted by Gasteiger charge is -1.94. The van der Waals surface area contributed by atoms with Gasteiger partial charge in [0.05, 0.1) is 5.44 Å². The third kappa shape index (κ3) is 2.55. The second-order valence-corrected chi connectivity index (χ2v) is 3.11. The molecule has 5 heteroatoms. The standard InChI is InChI=1S/C7H12N3OP.C2H6/c1-4-5(6(11)8-2)9-10(3)7(4)12;1-2/h12H2,1-3H3,(H,8,11);1-2H3. The first-order valence-corrected chi connectivity index (χ1v) is 5.16. The molecule has 0 aliphatic carbocycles. The van der Waals surface area contributed by atoms with Gasteiger partial charge >= 0.3 is 0 Å². The molecule has 1 rings (SSSR count). The molecule has 1 amide bonds. The van der Waals surface area contributed by atoms with Crippen molar-refractivity contribution in [2.45, 2.75) is 20.8 Å². The van der Waals surface area contributed by atoms with Crippen LogP contribution < -0.4 is 10.8 Å².